The summed E-state index contributed by atoms with van der Waals surface area (Å²) in [6, 6.07) is 7.92. The van der Waals surface area contributed by atoms with Gasteiger partial charge in [0.05, 0.1) is 0 Å². The van der Waals surface area contributed by atoms with Crippen LogP contribution in [-0.2, 0) is 6.54 Å². The summed E-state index contributed by atoms with van der Waals surface area (Å²) in [7, 11) is 0. The maximum absolute atomic E-state index is 10.5. The fourth-order valence-electron chi connectivity index (χ4n) is 2.03. The summed E-state index contributed by atoms with van der Waals surface area (Å²) < 4.78 is 2.02. The van der Waals surface area contributed by atoms with Crippen LogP contribution in [0.3, 0.4) is 0 Å². The van der Waals surface area contributed by atoms with Crippen molar-refractivity contribution in [3.63, 3.8) is 0 Å². The fourth-order valence-corrected chi connectivity index (χ4v) is 2.66. The van der Waals surface area contributed by atoms with Gasteiger partial charge >= 0.3 is 0 Å². The van der Waals surface area contributed by atoms with Crippen LogP contribution in [0.4, 0.5) is 0 Å². The molecule has 2 rings (SSSR count). The molecular weight excluding hydrogens is 244 g/mol. The van der Waals surface area contributed by atoms with Gasteiger partial charge in [-0.05, 0) is 18.7 Å². The van der Waals surface area contributed by atoms with Gasteiger partial charge in [-0.3, -0.25) is 0 Å². The number of thioether (sulfide) groups is 1. The van der Waals surface area contributed by atoms with Crippen molar-refractivity contribution in [2.24, 2.45) is 0 Å². The average Bonchev–Trinajstić information content (AvgIpc) is 2.86. The Morgan fingerprint density at radius 3 is 2.89 bits per heavy atom. The minimum absolute atomic E-state index is 0.657. The quantitative estimate of drug-likeness (QED) is 0.841. The van der Waals surface area contributed by atoms with E-state index in [9.17, 15) is 5.11 Å². The first kappa shape index (κ1) is 13.2. The third-order valence-corrected chi connectivity index (χ3v) is 3.70. The molecule has 1 N–H and O–H groups in total. The van der Waals surface area contributed by atoms with Gasteiger partial charge in [0.1, 0.15) is 11.9 Å². The zero-order chi connectivity index (χ0) is 13.0. The Bertz CT molecular complexity index is 510. The van der Waals surface area contributed by atoms with E-state index in [-0.39, 0.29) is 0 Å². The minimum Gasteiger partial charge on any atom is -0.380 e. The van der Waals surface area contributed by atoms with Crippen LogP contribution in [0.1, 0.15) is 30.8 Å². The van der Waals surface area contributed by atoms with Crippen molar-refractivity contribution in [2.75, 3.05) is 6.26 Å². The van der Waals surface area contributed by atoms with Gasteiger partial charge in [-0.1, -0.05) is 25.1 Å². The second-order valence-electron chi connectivity index (χ2n) is 4.12. The molecule has 0 radical (unpaired) electrons. The van der Waals surface area contributed by atoms with Gasteiger partial charge in [0.25, 0.3) is 0 Å². The first-order chi connectivity index (χ1) is 8.77. The highest BCUT2D eigenvalue weighted by Crippen LogP contribution is 2.29. The molecule has 0 aliphatic carbocycles. The molecule has 0 bridgehead atoms. The molecule has 96 valence electrons. The molecule has 3 nitrogen and oxygen atoms in total. The standard InChI is InChI=1S/C14H18N2OS/c1-3-9-16-10-8-15-14(16)13(17)11-6-4-5-7-12(11)18-2/h4-8,10,13,17H,3,9H2,1-2H3. The van der Waals surface area contributed by atoms with Crippen LogP contribution in [0.15, 0.2) is 41.6 Å². The first-order valence-electron chi connectivity index (χ1n) is 6.10. The van der Waals surface area contributed by atoms with Gasteiger partial charge < -0.3 is 9.67 Å². The number of aliphatic hydroxyl groups excluding tert-OH is 1. The Kier molecular flexibility index (Phi) is 4.44. The van der Waals surface area contributed by atoms with Gasteiger partial charge in [0.15, 0.2) is 0 Å². The third kappa shape index (κ3) is 2.60. The second kappa shape index (κ2) is 6.07. The molecular formula is C14H18N2OS. The third-order valence-electron chi connectivity index (χ3n) is 2.89. The highest BCUT2D eigenvalue weighted by atomic mass is 32.2. The molecule has 0 fully saturated rings. The van der Waals surface area contributed by atoms with Gasteiger partial charge in [-0.15, -0.1) is 11.8 Å². The lowest BCUT2D eigenvalue weighted by Crippen LogP contribution is -2.10. The molecule has 2 aromatic rings. The van der Waals surface area contributed by atoms with E-state index in [1.807, 2.05) is 41.3 Å². The number of nitrogens with zero attached hydrogens (tertiary/aromatic N) is 2. The van der Waals surface area contributed by atoms with E-state index in [0.29, 0.717) is 0 Å². The van der Waals surface area contributed by atoms with Crippen molar-refractivity contribution in [3.05, 3.63) is 48.0 Å². The topological polar surface area (TPSA) is 38.0 Å². The summed E-state index contributed by atoms with van der Waals surface area (Å²) in [6.07, 6.45) is 6.06. The number of aliphatic hydroxyl groups is 1. The fraction of sp³-hybridized carbons (Fsp3) is 0.357. The molecule has 1 unspecified atom stereocenters. The van der Waals surface area contributed by atoms with Crippen LogP contribution >= 0.6 is 11.8 Å². The molecule has 1 aromatic heterocycles. The molecule has 1 heterocycles. The molecule has 0 amide bonds. The Hall–Kier alpha value is -1.26. The Morgan fingerprint density at radius 2 is 2.17 bits per heavy atom. The van der Waals surface area contributed by atoms with Gasteiger partial charge in [0, 0.05) is 29.4 Å². The predicted molar refractivity (Wildman–Crippen MR) is 74.8 cm³/mol. The monoisotopic (exact) mass is 262 g/mol. The maximum Gasteiger partial charge on any atom is 0.142 e. The number of benzene rings is 1. The second-order valence-corrected chi connectivity index (χ2v) is 4.97. The van der Waals surface area contributed by atoms with Crippen LogP contribution in [0, 0.1) is 0 Å². The lowest BCUT2D eigenvalue weighted by Gasteiger charge is -2.15. The zero-order valence-corrected chi connectivity index (χ0v) is 11.5. The Morgan fingerprint density at radius 1 is 1.39 bits per heavy atom. The molecule has 1 aromatic carbocycles. The number of hydrogen-bond donors (Lipinski definition) is 1. The molecule has 0 spiro atoms. The summed E-state index contributed by atoms with van der Waals surface area (Å²) in [6.45, 7) is 3.00. The van der Waals surface area contributed by atoms with E-state index in [1.165, 1.54) is 0 Å². The average molecular weight is 262 g/mol. The normalized spacial score (nSPS) is 12.6. The SMILES string of the molecule is CCCn1ccnc1C(O)c1ccccc1SC. The minimum atomic E-state index is -0.657. The summed E-state index contributed by atoms with van der Waals surface area (Å²) in [4.78, 5) is 5.38. The zero-order valence-electron chi connectivity index (χ0n) is 10.7. The summed E-state index contributed by atoms with van der Waals surface area (Å²) >= 11 is 1.64. The Labute approximate surface area is 112 Å². The highest BCUT2D eigenvalue weighted by molar-refractivity contribution is 7.98. The number of imidazole rings is 1. The van der Waals surface area contributed by atoms with E-state index < -0.39 is 6.10 Å². The van der Waals surface area contributed by atoms with Crippen molar-refractivity contribution in [3.8, 4) is 0 Å². The van der Waals surface area contributed by atoms with E-state index in [2.05, 4.69) is 11.9 Å². The van der Waals surface area contributed by atoms with Crippen molar-refractivity contribution < 1.29 is 5.11 Å². The molecule has 0 aliphatic rings. The molecule has 0 saturated heterocycles. The lowest BCUT2D eigenvalue weighted by atomic mass is 10.1. The van der Waals surface area contributed by atoms with E-state index in [4.69, 9.17) is 0 Å². The number of rotatable bonds is 5. The molecule has 18 heavy (non-hydrogen) atoms. The maximum atomic E-state index is 10.5. The van der Waals surface area contributed by atoms with Crippen molar-refractivity contribution in [1.29, 1.82) is 0 Å². The van der Waals surface area contributed by atoms with E-state index in [1.54, 1.807) is 18.0 Å². The van der Waals surface area contributed by atoms with Gasteiger partial charge in [0.2, 0.25) is 0 Å². The van der Waals surface area contributed by atoms with E-state index >= 15 is 0 Å². The molecule has 0 saturated carbocycles. The number of aryl methyl sites for hydroxylation is 1. The van der Waals surface area contributed by atoms with Crippen LogP contribution in [0.2, 0.25) is 0 Å². The lowest BCUT2D eigenvalue weighted by molar-refractivity contribution is 0.201. The van der Waals surface area contributed by atoms with Crippen LogP contribution < -0.4 is 0 Å². The van der Waals surface area contributed by atoms with Gasteiger partial charge in [-0.25, -0.2) is 4.98 Å². The van der Waals surface area contributed by atoms with Crippen LogP contribution in [0.25, 0.3) is 0 Å². The molecule has 4 heteroatoms. The van der Waals surface area contributed by atoms with Crippen molar-refractivity contribution in [1.82, 2.24) is 9.55 Å². The number of aromatic nitrogens is 2. The van der Waals surface area contributed by atoms with Crippen molar-refractivity contribution in [2.45, 2.75) is 30.9 Å². The van der Waals surface area contributed by atoms with E-state index in [0.717, 1.165) is 29.2 Å². The predicted octanol–water partition coefficient (Wildman–Crippen LogP) is 3.10. The largest absolute Gasteiger partial charge is 0.380 e. The Balaban J connectivity index is 2.35. The van der Waals surface area contributed by atoms with Crippen LogP contribution in [0.5, 0.6) is 0 Å². The molecule has 1 atom stereocenters. The van der Waals surface area contributed by atoms with Gasteiger partial charge in [-0.2, -0.15) is 0 Å². The first-order valence-corrected chi connectivity index (χ1v) is 7.32. The summed E-state index contributed by atoms with van der Waals surface area (Å²) in [5.74, 6) is 0.721. The van der Waals surface area contributed by atoms with Crippen LogP contribution in [-0.4, -0.2) is 20.9 Å². The molecule has 0 aliphatic heterocycles. The summed E-state index contributed by atoms with van der Waals surface area (Å²) in [5, 5.41) is 10.5. The smallest absolute Gasteiger partial charge is 0.142 e. The summed E-state index contributed by atoms with van der Waals surface area (Å²) in [5.41, 5.74) is 0.925. The highest BCUT2D eigenvalue weighted by Gasteiger charge is 2.18. The van der Waals surface area contributed by atoms with Crippen molar-refractivity contribution >= 4 is 11.8 Å². The number of hydrogen-bond acceptors (Lipinski definition) is 3.